The second-order valence-electron chi connectivity index (χ2n) is 9.66. The van der Waals surface area contributed by atoms with Crippen molar-refractivity contribution in [3.8, 4) is 5.75 Å². The normalized spacial score (nSPS) is 24.2. The second kappa shape index (κ2) is 10.3. The van der Waals surface area contributed by atoms with Gasteiger partial charge in [0.15, 0.2) is 11.6 Å². The van der Waals surface area contributed by atoms with Crippen molar-refractivity contribution >= 4 is 17.5 Å². The molecule has 3 atom stereocenters. The Labute approximate surface area is 204 Å². The summed E-state index contributed by atoms with van der Waals surface area (Å²) >= 11 is 0. The van der Waals surface area contributed by atoms with Crippen molar-refractivity contribution in [2.24, 2.45) is 11.8 Å². The fourth-order valence-corrected chi connectivity index (χ4v) is 5.60. The van der Waals surface area contributed by atoms with Gasteiger partial charge in [-0.25, -0.2) is 4.39 Å². The molecule has 0 radical (unpaired) electrons. The lowest BCUT2D eigenvalue weighted by Crippen LogP contribution is -2.51. The number of halogens is 1. The van der Waals surface area contributed by atoms with Crippen molar-refractivity contribution in [1.82, 2.24) is 4.90 Å². The van der Waals surface area contributed by atoms with Gasteiger partial charge < -0.3 is 14.4 Å². The number of benzene rings is 2. The highest BCUT2D eigenvalue weighted by Crippen LogP contribution is 2.35. The molecule has 0 bridgehead atoms. The second-order valence-corrected chi connectivity index (χ2v) is 9.66. The number of fused-ring (bicyclic) bond motifs is 1. The lowest BCUT2D eigenvalue weighted by atomic mass is 9.74. The minimum Gasteiger partial charge on any atom is -0.491 e. The third-order valence-corrected chi connectivity index (χ3v) is 7.46. The molecule has 1 saturated heterocycles. The number of carbonyl (C=O) groups excluding carboxylic acids is 3. The van der Waals surface area contributed by atoms with E-state index in [0.29, 0.717) is 56.7 Å². The minimum atomic E-state index is -0.385. The Kier molecular flexibility index (Phi) is 6.95. The molecule has 2 aromatic rings. The first kappa shape index (κ1) is 23.7. The summed E-state index contributed by atoms with van der Waals surface area (Å²) in [7, 11) is 0. The smallest absolute Gasteiger partial charge is 0.226 e. The van der Waals surface area contributed by atoms with E-state index in [2.05, 4.69) is 0 Å². The number of carbonyl (C=O) groups is 3. The molecule has 0 N–H and O–H groups in total. The van der Waals surface area contributed by atoms with Crippen LogP contribution in [0.3, 0.4) is 0 Å². The zero-order valence-corrected chi connectivity index (χ0v) is 19.7. The summed E-state index contributed by atoms with van der Waals surface area (Å²) in [6.07, 6.45) is 4.09. The standard InChI is InChI=1S/C28H30FNO5/c29-19-10-8-18(9-11-19)27(32)23-4-1-2-5-24(23)28(33)30-14-15-34-20(16-30)17-35-26-7-3-6-21-22(26)12-13-25(21)31/h3,6-11,20,23-24H,1-2,4-5,12-17H2/t20?,23-,24-/m1/s1. The van der Waals surface area contributed by atoms with Crippen LogP contribution in [0.25, 0.3) is 0 Å². The van der Waals surface area contributed by atoms with E-state index >= 15 is 0 Å². The van der Waals surface area contributed by atoms with Gasteiger partial charge >= 0.3 is 0 Å². The average molecular weight is 480 g/mol. The molecule has 1 amide bonds. The average Bonchev–Trinajstić information content (AvgIpc) is 3.28. The maximum Gasteiger partial charge on any atom is 0.226 e. The molecule has 5 rings (SSSR count). The molecule has 1 saturated carbocycles. The van der Waals surface area contributed by atoms with Gasteiger partial charge in [-0.05, 0) is 49.6 Å². The van der Waals surface area contributed by atoms with Crippen molar-refractivity contribution in [1.29, 1.82) is 0 Å². The predicted octanol–water partition coefficient (Wildman–Crippen LogP) is 4.25. The Morgan fingerprint density at radius 3 is 2.60 bits per heavy atom. The fraction of sp³-hybridized carbons (Fsp3) is 0.464. The van der Waals surface area contributed by atoms with Crippen LogP contribution in [-0.4, -0.2) is 54.8 Å². The van der Waals surface area contributed by atoms with E-state index in [-0.39, 0.29) is 47.8 Å². The van der Waals surface area contributed by atoms with E-state index < -0.39 is 0 Å². The lowest BCUT2D eigenvalue weighted by molar-refractivity contribution is -0.146. The van der Waals surface area contributed by atoms with E-state index in [1.807, 2.05) is 18.2 Å². The zero-order valence-electron chi connectivity index (χ0n) is 19.7. The SMILES string of the molecule is O=C1CCc2c(OCC3CN(C(=O)[C@@H]4CCCC[C@H]4C(=O)c4ccc(F)cc4)CCO3)cccc21. The third kappa shape index (κ3) is 5.01. The zero-order chi connectivity index (χ0) is 24.4. The first-order chi connectivity index (χ1) is 17.0. The van der Waals surface area contributed by atoms with Crippen LogP contribution < -0.4 is 4.74 Å². The van der Waals surface area contributed by atoms with Crippen molar-refractivity contribution in [2.45, 2.75) is 44.6 Å². The summed E-state index contributed by atoms with van der Waals surface area (Å²) in [6, 6.07) is 11.1. The van der Waals surface area contributed by atoms with Gasteiger partial charge in [-0.1, -0.05) is 25.0 Å². The van der Waals surface area contributed by atoms with Gasteiger partial charge in [0.05, 0.1) is 13.2 Å². The predicted molar refractivity (Wildman–Crippen MR) is 127 cm³/mol. The van der Waals surface area contributed by atoms with Crippen LogP contribution in [0, 0.1) is 17.7 Å². The summed E-state index contributed by atoms with van der Waals surface area (Å²) in [5.41, 5.74) is 2.14. The van der Waals surface area contributed by atoms with Crippen LogP contribution in [-0.2, 0) is 16.0 Å². The van der Waals surface area contributed by atoms with Crippen molar-refractivity contribution in [3.05, 3.63) is 65.0 Å². The number of ketones is 2. The van der Waals surface area contributed by atoms with Crippen LogP contribution in [0.2, 0.25) is 0 Å². The topological polar surface area (TPSA) is 72.9 Å². The first-order valence-electron chi connectivity index (χ1n) is 12.5. The van der Waals surface area contributed by atoms with Gasteiger partial charge in [0, 0.05) is 41.5 Å². The van der Waals surface area contributed by atoms with E-state index in [4.69, 9.17) is 9.47 Å². The Hall–Kier alpha value is -3.06. The first-order valence-corrected chi connectivity index (χ1v) is 12.5. The number of morpholine rings is 1. The largest absolute Gasteiger partial charge is 0.491 e. The van der Waals surface area contributed by atoms with E-state index in [1.165, 1.54) is 24.3 Å². The summed E-state index contributed by atoms with van der Waals surface area (Å²) < 4.78 is 25.2. The lowest BCUT2D eigenvalue weighted by Gasteiger charge is -2.38. The monoisotopic (exact) mass is 479 g/mol. The minimum absolute atomic E-state index is 0.00957. The van der Waals surface area contributed by atoms with Gasteiger partial charge in [-0.15, -0.1) is 0 Å². The van der Waals surface area contributed by atoms with Gasteiger partial charge in [-0.2, -0.15) is 0 Å². The van der Waals surface area contributed by atoms with Gasteiger partial charge in [0.2, 0.25) is 5.91 Å². The highest BCUT2D eigenvalue weighted by atomic mass is 19.1. The number of hydrogen-bond donors (Lipinski definition) is 0. The molecule has 184 valence electrons. The van der Waals surface area contributed by atoms with Crippen LogP contribution >= 0.6 is 0 Å². The molecular weight excluding hydrogens is 449 g/mol. The number of amides is 1. The van der Waals surface area contributed by atoms with Crippen LogP contribution in [0.5, 0.6) is 5.75 Å². The molecular formula is C28H30FNO5. The molecule has 1 aliphatic heterocycles. The summed E-state index contributed by atoms with van der Waals surface area (Å²) in [5.74, 6) is -0.376. The van der Waals surface area contributed by atoms with Crippen LogP contribution in [0.1, 0.15) is 58.4 Å². The molecule has 0 spiro atoms. The number of rotatable bonds is 6. The summed E-state index contributed by atoms with van der Waals surface area (Å²) in [6.45, 7) is 1.59. The van der Waals surface area contributed by atoms with Gasteiger partial charge in [0.25, 0.3) is 0 Å². The summed E-state index contributed by atoms with van der Waals surface area (Å²) in [5, 5.41) is 0. The van der Waals surface area contributed by atoms with Gasteiger partial charge in [0.1, 0.15) is 24.3 Å². The number of nitrogens with zero attached hydrogens (tertiary/aromatic N) is 1. The van der Waals surface area contributed by atoms with Crippen molar-refractivity contribution < 1.29 is 28.2 Å². The van der Waals surface area contributed by atoms with Gasteiger partial charge in [-0.3, -0.25) is 14.4 Å². The maximum absolute atomic E-state index is 13.5. The molecule has 2 aliphatic carbocycles. The third-order valence-electron chi connectivity index (χ3n) is 7.46. The molecule has 0 aromatic heterocycles. The van der Waals surface area contributed by atoms with Crippen molar-refractivity contribution in [2.75, 3.05) is 26.3 Å². The number of ether oxygens (including phenoxy) is 2. The van der Waals surface area contributed by atoms with E-state index in [1.54, 1.807) is 4.90 Å². The Morgan fingerprint density at radius 1 is 1.03 bits per heavy atom. The molecule has 1 unspecified atom stereocenters. The molecule has 2 fully saturated rings. The Balaban J connectivity index is 1.23. The summed E-state index contributed by atoms with van der Waals surface area (Å²) in [4.78, 5) is 40.5. The van der Waals surface area contributed by atoms with E-state index in [9.17, 15) is 18.8 Å². The van der Waals surface area contributed by atoms with E-state index in [0.717, 1.165) is 24.0 Å². The van der Waals surface area contributed by atoms with Crippen LogP contribution in [0.15, 0.2) is 42.5 Å². The molecule has 7 heteroatoms. The molecule has 3 aliphatic rings. The molecule has 6 nitrogen and oxygen atoms in total. The molecule has 35 heavy (non-hydrogen) atoms. The molecule has 2 aromatic carbocycles. The fourth-order valence-electron chi connectivity index (χ4n) is 5.60. The quantitative estimate of drug-likeness (QED) is 0.580. The van der Waals surface area contributed by atoms with Crippen LogP contribution in [0.4, 0.5) is 4.39 Å². The highest BCUT2D eigenvalue weighted by Gasteiger charge is 2.39. The molecule has 1 heterocycles. The Bertz CT molecular complexity index is 1110. The van der Waals surface area contributed by atoms with Crippen molar-refractivity contribution in [3.63, 3.8) is 0 Å². The Morgan fingerprint density at radius 2 is 1.80 bits per heavy atom. The highest BCUT2D eigenvalue weighted by molar-refractivity contribution is 6.01. The maximum atomic E-state index is 13.5. The number of hydrogen-bond acceptors (Lipinski definition) is 5. The number of Topliss-reactive ketones (excluding diaryl/α,β-unsaturated/α-hetero) is 2.